The van der Waals surface area contributed by atoms with Crippen molar-refractivity contribution >= 4 is 5.91 Å². The molecule has 0 aromatic carbocycles. The van der Waals surface area contributed by atoms with Gasteiger partial charge in [0, 0.05) is 49.9 Å². The van der Waals surface area contributed by atoms with Crippen LogP contribution in [0.25, 0.3) is 0 Å². The molecule has 0 aliphatic carbocycles. The third kappa shape index (κ3) is 5.21. The number of aryl methyl sites for hydroxylation is 1. The molecule has 3 saturated heterocycles. The number of aromatic nitrogens is 4. The Morgan fingerprint density at radius 2 is 1.92 bits per heavy atom. The molecule has 1 atom stereocenters. The average Bonchev–Trinajstić information content (AvgIpc) is 3.59. The number of morpholine rings is 1. The van der Waals surface area contributed by atoms with Gasteiger partial charge in [0.1, 0.15) is 0 Å². The summed E-state index contributed by atoms with van der Waals surface area (Å²) in [5.41, 5.74) is 2.76. The lowest BCUT2D eigenvalue weighted by Crippen LogP contribution is -2.46. The fourth-order valence-electron chi connectivity index (χ4n) is 6.00. The van der Waals surface area contributed by atoms with E-state index in [1.165, 1.54) is 11.3 Å². The number of carbonyl (C=O) groups excluding carboxylic acids is 1. The van der Waals surface area contributed by atoms with Crippen molar-refractivity contribution in [2.45, 2.75) is 72.0 Å². The molecule has 5 rings (SSSR count). The van der Waals surface area contributed by atoms with Crippen LogP contribution in [0.4, 0.5) is 0 Å². The largest absolute Gasteiger partial charge is 0.423 e. The molecule has 3 aliphatic heterocycles. The monoisotopic (exact) mass is 499 g/mol. The van der Waals surface area contributed by atoms with Gasteiger partial charge in [0.25, 0.3) is 0 Å². The number of piperidine rings is 1. The predicted octanol–water partition coefficient (Wildman–Crippen LogP) is 2.61. The molecular formula is C26H41N7O3. The summed E-state index contributed by atoms with van der Waals surface area (Å²) in [6.07, 6.45) is 5.20. The Hall–Kier alpha value is -2.30. The lowest BCUT2D eigenvalue weighted by atomic mass is 9.76. The molecule has 5 heterocycles. The highest BCUT2D eigenvalue weighted by Gasteiger charge is 2.48. The lowest BCUT2D eigenvalue weighted by Gasteiger charge is -2.39. The Balaban J connectivity index is 1.28. The first kappa shape index (κ1) is 25.4. The van der Waals surface area contributed by atoms with Crippen LogP contribution in [0.15, 0.2) is 10.6 Å². The van der Waals surface area contributed by atoms with Gasteiger partial charge in [-0.05, 0) is 51.6 Å². The van der Waals surface area contributed by atoms with E-state index in [2.05, 4.69) is 57.5 Å². The van der Waals surface area contributed by atoms with Crippen molar-refractivity contribution in [1.82, 2.24) is 34.7 Å². The second kappa shape index (κ2) is 10.6. The zero-order valence-corrected chi connectivity index (χ0v) is 22.3. The number of amides is 1. The fraction of sp³-hybridized carbons (Fsp3) is 0.769. The van der Waals surface area contributed by atoms with Crippen molar-refractivity contribution in [2.24, 2.45) is 5.41 Å². The Morgan fingerprint density at radius 3 is 2.56 bits per heavy atom. The summed E-state index contributed by atoms with van der Waals surface area (Å²) < 4.78 is 13.6. The number of ether oxygens (including phenoxy) is 1. The first-order chi connectivity index (χ1) is 17.4. The van der Waals surface area contributed by atoms with Crippen LogP contribution in [0.5, 0.6) is 0 Å². The minimum Gasteiger partial charge on any atom is -0.423 e. The van der Waals surface area contributed by atoms with Crippen LogP contribution in [0.2, 0.25) is 0 Å². The summed E-state index contributed by atoms with van der Waals surface area (Å²) >= 11 is 0. The zero-order valence-electron chi connectivity index (χ0n) is 22.3. The molecule has 0 saturated carbocycles. The van der Waals surface area contributed by atoms with Crippen molar-refractivity contribution < 1.29 is 13.9 Å². The molecule has 0 bridgehead atoms. The van der Waals surface area contributed by atoms with Gasteiger partial charge in [-0.15, -0.1) is 10.2 Å². The lowest BCUT2D eigenvalue weighted by molar-refractivity contribution is -0.136. The number of carbonyl (C=O) groups is 1. The van der Waals surface area contributed by atoms with Crippen LogP contribution >= 0.6 is 0 Å². The Morgan fingerprint density at radius 1 is 1.17 bits per heavy atom. The maximum Gasteiger partial charge on any atom is 0.236 e. The maximum absolute atomic E-state index is 13.2. The van der Waals surface area contributed by atoms with Crippen LogP contribution in [-0.4, -0.2) is 93.1 Å². The Labute approximate surface area is 213 Å². The van der Waals surface area contributed by atoms with Crippen molar-refractivity contribution in [3.05, 3.63) is 29.2 Å². The van der Waals surface area contributed by atoms with Gasteiger partial charge in [-0.25, -0.2) is 0 Å². The van der Waals surface area contributed by atoms with Crippen LogP contribution in [0, 0.1) is 12.3 Å². The SMILES string of the molecule is CCn1ncc(CN2CCC3(CC2)CC(c2nnc(C(C)C)o2)N(CC(=O)N2CCOCC2)C3)c1C. The predicted molar refractivity (Wildman–Crippen MR) is 134 cm³/mol. The summed E-state index contributed by atoms with van der Waals surface area (Å²) in [5, 5.41) is 13.3. The van der Waals surface area contributed by atoms with E-state index in [1.807, 2.05) is 11.1 Å². The van der Waals surface area contributed by atoms with E-state index in [4.69, 9.17) is 9.15 Å². The molecule has 10 heteroatoms. The first-order valence-electron chi connectivity index (χ1n) is 13.5. The highest BCUT2D eigenvalue weighted by Crippen LogP contribution is 2.49. The van der Waals surface area contributed by atoms with E-state index < -0.39 is 0 Å². The van der Waals surface area contributed by atoms with E-state index in [9.17, 15) is 4.79 Å². The molecule has 0 N–H and O–H groups in total. The first-order valence-corrected chi connectivity index (χ1v) is 13.5. The normalized spacial score (nSPS) is 23.2. The van der Waals surface area contributed by atoms with Crippen molar-refractivity contribution in [3.63, 3.8) is 0 Å². The molecule has 10 nitrogen and oxygen atoms in total. The fourth-order valence-corrected chi connectivity index (χ4v) is 6.00. The third-order valence-electron chi connectivity index (χ3n) is 8.36. The molecule has 2 aromatic heterocycles. The molecule has 1 spiro atoms. The molecular weight excluding hydrogens is 458 g/mol. The summed E-state index contributed by atoms with van der Waals surface area (Å²) in [4.78, 5) is 20.0. The van der Waals surface area contributed by atoms with Crippen molar-refractivity contribution in [3.8, 4) is 0 Å². The van der Waals surface area contributed by atoms with Gasteiger partial charge in [-0.1, -0.05) is 13.8 Å². The van der Waals surface area contributed by atoms with E-state index >= 15 is 0 Å². The summed E-state index contributed by atoms with van der Waals surface area (Å²) in [6, 6.07) is -0.00780. The minimum absolute atomic E-state index is 0.00780. The summed E-state index contributed by atoms with van der Waals surface area (Å²) in [5.74, 6) is 1.69. The molecule has 3 fully saturated rings. The number of likely N-dealkylation sites (tertiary alicyclic amines) is 2. The summed E-state index contributed by atoms with van der Waals surface area (Å²) in [6.45, 7) is 16.3. The Kier molecular flexibility index (Phi) is 7.46. The van der Waals surface area contributed by atoms with Gasteiger partial charge >= 0.3 is 0 Å². The molecule has 2 aromatic rings. The van der Waals surface area contributed by atoms with Gasteiger partial charge in [-0.3, -0.25) is 19.3 Å². The number of hydrogen-bond acceptors (Lipinski definition) is 8. The average molecular weight is 500 g/mol. The van der Waals surface area contributed by atoms with Gasteiger partial charge in [-0.2, -0.15) is 5.10 Å². The van der Waals surface area contributed by atoms with E-state index in [1.54, 1.807) is 0 Å². The molecule has 3 aliphatic rings. The molecule has 198 valence electrons. The van der Waals surface area contributed by atoms with Crippen LogP contribution in [0.1, 0.15) is 75.0 Å². The van der Waals surface area contributed by atoms with Gasteiger partial charge in [0.2, 0.25) is 17.7 Å². The highest BCUT2D eigenvalue weighted by atomic mass is 16.5. The molecule has 1 unspecified atom stereocenters. The maximum atomic E-state index is 13.2. The molecule has 1 amide bonds. The van der Waals surface area contributed by atoms with E-state index in [-0.39, 0.29) is 23.3 Å². The van der Waals surface area contributed by atoms with E-state index in [0.717, 1.165) is 52.0 Å². The minimum atomic E-state index is -0.00780. The van der Waals surface area contributed by atoms with Gasteiger partial charge < -0.3 is 14.1 Å². The topological polar surface area (TPSA) is 92.8 Å². The highest BCUT2D eigenvalue weighted by molar-refractivity contribution is 5.78. The van der Waals surface area contributed by atoms with Crippen LogP contribution in [-0.2, 0) is 22.6 Å². The second-order valence-corrected chi connectivity index (χ2v) is 11.1. The van der Waals surface area contributed by atoms with Crippen LogP contribution < -0.4 is 0 Å². The summed E-state index contributed by atoms with van der Waals surface area (Å²) in [7, 11) is 0. The zero-order chi connectivity index (χ0) is 25.3. The smallest absolute Gasteiger partial charge is 0.236 e. The molecule has 0 radical (unpaired) electrons. The Bertz CT molecular complexity index is 1030. The van der Waals surface area contributed by atoms with Gasteiger partial charge in [0.05, 0.1) is 32.0 Å². The van der Waals surface area contributed by atoms with Gasteiger partial charge in [0.15, 0.2) is 0 Å². The second-order valence-electron chi connectivity index (χ2n) is 11.1. The molecule has 36 heavy (non-hydrogen) atoms. The standard InChI is InChI=1S/C26H41N7O3/c1-5-33-20(4)21(15-27-33)16-30-8-6-26(7-9-30)14-22(25-29-28-24(36-25)19(2)3)32(18-26)17-23(34)31-10-12-35-13-11-31/h15,19,22H,5-14,16-18H2,1-4H3. The quantitative estimate of drug-likeness (QED) is 0.574. The van der Waals surface area contributed by atoms with Crippen molar-refractivity contribution in [1.29, 1.82) is 0 Å². The third-order valence-corrected chi connectivity index (χ3v) is 8.36. The van der Waals surface area contributed by atoms with E-state index in [0.29, 0.717) is 44.6 Å². The number of nitrogens with zero attached hydrogens (tertiary/aromatic N) is 7. The van der Waals surface area contributed by atoms with Crippen molar-refractivity contribution in [2.75, 3.05) is 52.5 Å². The number of hydrogen-bond donors (Lipinski definition) is 0. The van der Waals surface area contributed by atoms with Crippen LogP contribution in [0.3, 0.4) is 0 Å². The number of rotatable bonds is 7.